The van der Waals surface area contributed by atoms with E-state index in [0.717, 1.165) is 18.3 Å². The Morgan fingerprint density at radius 3 is 2.27 bits per heavy atom. The first-order valence-electron chi connectivity index (χ1n) is 9.10. The highest BCUT2D eigenvalue weighted by molar-refractivity contribution is 5.91. The highest BCUT2D eigenvalue weighted by atomic mass is 19.4. The van der Waals surface area contributed by atoms with Gasteiger partial charge in [0.1, 0.15) is 17.6 Å². The maximum Gasteiger partial charge on any atom is 0.418 e. The number of nitrogens with one attached hydrogen (secondary N) is 1. The SMILES string of the molecule is N#Cc1cnc(-c2ccc3c(Nc4ccc(C(F)(F)F)cn4)ccnc3n2)c(C(F)(F)F)c1. The lowest BCUT2D eigenvalue weighted by Crippen LogP contribution is -2.10. The molecule has 12 heteroatoms. The molecule has 0 amide bonds. The van der Waals surface area contributed by atoms with Crippen LogP contribution in [0.25, 0.3) is 22.4 Å². The molecule has 4 aromatic rings. The second kappa shape index (κ2) is 8.01. The van der Waals surface area contributed by atoms with Crippen LogP contribution >= 0.6 is 0 Å². The summed E-state index contributed by atoms with van der Waals surface area (Å²) in [5.74, 6) is 0.118. The standard InChI is InChI=1S/C21H10F6N6/c22-20(23,24)12-1-4-17(30-10-12)32-15-5-6-29-19-13(15)2-3-16(33-19)18-14(21(25,26)27)7-11(8-28)9-31-18/h1-7,9-10H,(H,29,30,32,33). The molecule has 0 unspecified atom stereocenters. The van der Waals surface area contributed by atoms with Gasteiger partial charge >= 0.3 is 12.4 Å². The Labute approximate surface area is 181 Å². The summed E-state index contributed by atoms with van der Waals surface area (Å²) < 4.78 is 78.6. The molecule has 4 rings (SSSR count). The maximum absolute atomic E-state index is 13.5. The van der Waals surface area contributed by atoms with Crippen molar-refractivity contribution >= 4 is 22.5 Å². The van der Waals surface area contributed by atoms with Crippen LogP contribution < -0.4 is 5.32 Å². The Hall–Kier alpha value is -4.27. The predicted octanol–water partition coefficient (Wildman–Crippen LogP) is 5.74. The van der Waals surface area contributed by atoms with E-state index in [0.29, 0.717) is 23.3 Å². The van der Waals surface area contributed by atoms with Gasteiger partial charge in [-0.25, -0.2) is 15.0 Å². The smallest absolute Gasteiger partial charge is 0.340 e. The van der Waals surface area contributed by atoms with Crippen molar-refractivity contribution in [2.45, 2.75) is 12.4 Å². The summed E-state index contributed by atoms with van der Waals surface area (Å²) in [5, 5.41) is 12.1. The van der Waals surface area contributed by atoms with E-state index < -0.39 is 29.2 Å². The number of halogens is 6. The van der Waals surface area contributed by atoms with Crippen LogP contribution in [0.2, 0.25) is 0 Å². The molecular weight excluding hydrogens is 450 g/mol. The molecule has 0 aliphatic carbocycles. The number of anilines is 2. The molecule has 4 aromatic heterocycles. The van der Waals surface area contributed by atoms with Gasteiger partial charge in [0.15, 0.2) is 5.65 Å². The van der Waals surface area contributed by atoms with E-state index in [1.165, 1.54) is 24.4 Å². The molecule has 33 heavy (non-hydrogen) atoms. The highest BCUT2D eigenvalue weighted by Crippen LogP contribution is 2.36. The molecule has 0 fully saturated rings. The van der Waals surface area contributed by atoms with Gasteiger partial charge in [-0.15, -0.1) is 0 Å². The fraction of sp³-hybridized carbons (Fsp3) is 0.0952. The Morgan fingerprint density at radius 1 is 0.848 bits per heavy atom. The first kappa shape index (κ1) is 21.9. The number of nitrogens with zero attached hydrogens (tertiary/aromatic N) is 5. The van der Waals surface area contributed by atoms with Crippen LogP contribution in [0.5, 0.6) is 0 Å². The van der Waals surface area contributed by atoms with Crippen molar-refractivity contribution in [3.05, 3.63) is 71.7 Å². The number of nitriles is 1. The van der Waals surface area contributed by atoms with Crippen LogP contribution in [-0.4, -0.2) is 19.9 Å². The van der Waals surface area contributed by atoms with E-state index >= 15 is 0 Å². The van der Waals surface area contributed by atoms with Crippen LogP contribution in [0.4, 0.5) is 37.8 Å². The molecule has 0 aromatic carbocycles. The molecule has 0 aliphatic heterocycles. The number of alkyl halides is 6. The topological polar surface area (TPSA) is 87.4 Å². The third kappa shape index (κ3) is 4.52. The summed E-state index contributed by atoms with van der Waals surface area (Å²) in [6.07, 6.45) is -6.27. The van der Waals surface area contributed by atoms with Crippen LogP contribution in [0.3, 0.4) is 0 Å². The zero-order chi connectivity index (χ0) is 23.8. The first-order chi connectivity index (χ1) is 15.6. The van der Waals surface area contributed by atoms with Crippen molar-refractivity contribution in [3.63, 3.8) is 0 Å². The number of pyridine rings is 4. The summed E-state index contributed by atoms with van der Waals surface area (Å²) in [7, 11) is 0. The number of hydrogen-bond acceptors (Lipinski definition) is 6. The Kier molecular flexibility index (Phi) is 5.33. The van der Waals surface area contributed by atoms with E-state index in [2.05, 4.69) is 25.3 Å². The highest BCUT2D eigenvalue weighted by Gasteiger charge is 2.35. The summed E-state index contributed by atoms with van der Waals surface area (Å²) >= 11 is 0. The Bertz CT molecular complexity index is 1370. The van der Waals surface area contributed by atoms with Crippen molar-refractivity contribution in [2.75, 3.05) is 5.32 Å². The molecule has 4 heterocycles. The molecule has 0 bridgehead atoms. The lowest BCUT2D eigenvalue weighted by Gasteiger charge is -2.13. The number of aromatic nitrogens is 4. The van der Waals surface area contributed by atoms with Crippen molar-refractivity contribution < 1.29 is 26.3 Å². The normalized spacial score (nSPS) is 11.9. The fourth-order valence-corrected chi connectivity index (χ4v) is 2.99. The molecular formula is C21H10F6N6. The minimum atomic E-state index is -4.77. The lowest BCUT2D eigenvalue weighted by atomic mass is 10.1. The van der Waals surface area contributed by atoms with Gasteiger partial charge in [-0.3, -0.25) is 4.98 Å². The third-order valence-corrected chi connectivity index (χ3v) is 4.52. The van der Waals surface area contributed by atoms with Gasteiger partial charge in [0, 0.05) is 24.0 Å². The van der Waals surface area contributed by atoms with Gasteiger partial charge in [-0.05, 0) is 36.4 Å². The molecule has 0 spiro atoms. The molecule has 0 aliphatic rings. The first-order valence-corrected chi connectivity index (χ1v) is 9.10. The lowest BCUT2D eigenvalue weighted by molar-refractivity contribution is -0.138. The van der Waals surface area contributed by atoms with Crippen LogP contribution in [0.15, 0.2) is 55.0 Å². The van der Waals surface area contributed by atoms with Crippen LogP contribution in [0, 0.1) is 11.3 Å². The summed E-state index contributed by atoms with van der Waals surface area (Å²) in [4.78, 5) is 15.7. The van der Waals surface area contributed by atoms with Crippen molar-refractivity contribution in [3.8, 4) is 17.5 Å². The molecule has 0 atom stereocenters. The molecule has 6 nitrogen and oxygen atoms in total. The van der Waals surface area contributed by atoms with Gasteiger partial charge in [0.05, 0.1) is 28.1 Å². The van der Waals surface area contributed by atoms with Crippen molar-refractivity contribution in [2.24, 2.45) is 0 Å². The Balaban J connectivity index is 1.72. The van der Waals surface area contributed by atoms with Crippen LogP contribution in [-0.2, 0) is 12.4 Å². The largest absolute Gasteiger partial charge is 0.418 e. The van der Waals surface area contributed by atoms with Gasteiger partial charge in [0.25, 0.3) is 0 Å². The quantitative estimate of drug-likeness (QED) is 0.393. The second-order valence-electron chi connectivity index (χ2n) is 6.71. The molecule has 0 radical (unpaired) electrons. The minimum absolute atomic E-state index is 0.0729. The van der Waals surface area contributed by atoms with Gasteiger partial charge in [-0.2, -0.15) is 31.6 Å². The van der Waals surface area contributed by atoms with Gasteiger partial charge < -0.3 is 5.32 Å². The van der Waals surface area contributed by atoms with E-state index in [4.69, 9.17) is 5.26 Å². The Morgan fingerprint density at radius 2 is 1.64 bits per heavy atom. The van der Waals surface area contributed by atoms with Gasteiger partial charge in [-0.1, -0.05) is 0 Å². The van der Waals surface area contributed by atoms with E-state index in [1.807, 2.05) is 0 Å². The second-order valence-corrected chi connectivity index (χ2v) is 6.71. The fourth-order valence-electron chi connectivity index (χ4n) is 2.99. The summed E-state index contributed by atoms with van der Waals surface area (Å²) in [6, 6.07) is 8.60. The summed E-state index contributed by atoms with van der Waals surface area (Å²) in [6.45, 7) is 0. The number of fused-ring (bicyclic) bond motifs is 1. The van der Waals surface area contributed by atoms with E-state index in [1.54, 1.807) is 6.07 Å². The molecule has 1 N–H and O–H groups in total. The molecule has 0 saturated heterocycles. The van der Waals surface area contributed by atoms with E-state index in [-0.39, 0.29) is 22.7 Å². The zero-order valence-electron chi connectivity index (χ0n) is 16.2. The molecule has 0 saturated carbocycles. The number of hydrogen-bond donors (Lipinski definition) is 1. The number of rotatable bonds is 3. The summed E-state index contributed by atoms with van der Waals surface area (Å²) in [5.41, 5.74) is -2.39. The minimum Gasteiger partial charge on any atom is -0.340 e. The zero-order valence-corrected chi connectivity index (χ0v) is 16.2. The third-order valence-electron chi connectivity index (χ3n) is 4.52. The average molecular weight is 460 g/mol. The van der Waals surface area contributed by atoms with E-state index in [9.17, 15) is 26.3 Å². The van der Waals surface area contributed by atoms with Crippen molar-refractivity contribution in [1.29, 1.82) is 5.26 Å². The maximum atomic E-state index is 13.5. The van der Waals surface area contributed by atoms with Crippen LogP contribution in [0.1, 0.15) is 16.7 Å². The predicted molar refractivity (Wildman–Crippen MR) is 105 cm³/mol. The average Bonchev–Trinajstić information content (AvgIpc) is 2.77. The molecule has 166 valence electrons. The van der Waals surface area contributed by atoms with Gasteiger partial charge in [0.2, 0.25) is 0 Å². The van der Waals surface area contributed by atoms with Crippen molar-refractivity contribution in [1.82, 2.24) is 19.9 Å². The monoisotopic (exact) mass is 460 g/mol.